The average molecular weight is 476 g/mol. The predicted octanol–water partition coefficient (Wildman–Crippen LogP) is -5.17. The molecule has 7 N–H and O–H groups in total. The Hall–Kier alpha value is 0.0448. The molecule has 0 unspecified atom stereocenters. The molecule has 178 valence electrons. The molecule has 2 bridgehead atoms. The van der Waals surface area contributed by atoms with E-state index in [0.29, 0.717) is 13.0 Å². The lowest BCUT2D eigenvalue weighted by atomic mass is 9.86. The lowest BCUT2D eigenvalue weighted by Crippen LogP contribution is -2.51. The van der Waals surface area contributed by atoms with Gasteiger partial charge in [-0.2, -0.15) is 0 Å². The maximum absolute atomic E-state index is 9.64. The highest BCUT2D eigenvalue weighted by atomic mass is 35.5. The van der Waals surface area contributed by atoms with Crippen molar-refractivity contribution >= 4 is 35.1 Å². The Bertz CT molecular complexity index is 556. The minimum atomic E-state index is -1.09. The molecule has 0 aromatic heterocycles. The molecule has 0 aromatic carbocycles. The van der Waals surface area contributed by atoms with Gasteiger partial charge in [0.1, 0.15) is 65.8 Å². The van der Waals surface area contributed by atoms with Gasteiger partial charge in [-0.15, -0.1) is 11.6 Å². The number of aliphatic hydroxyl groups excluding tert-OH is 7. The van der Waals surface area contributed by atoms with E-state index in [0.717, 1.165) is 0 Å². The van der Waals surface area contributed by atoms with E-state index in [1.165, 1.54) is 0 Å². The van der Waals surface area contributed by atoms with Crippen LogP contribution in [0.3, 0.4) is 0 Å². The molecule has 4 heterocycles. The lowest BCUT2D eigenvalue weighted by Gasteiger charge is -2.34. The van der Waals surface area contributed by atoms with Crippen molar-refractivity contribution in [2.24, 2.45) is 0 Å². The topological polar surface area (TPSA) is 179 Å². The first-order valence-corrected chi connectivity index (χ1v) is 10.5. The quantitative estimate of drug-likeness (QED) is 0.153. The molecule has 0 aromatic rings. The van der Waals surface area contributed by atoms with Crippen LogP contribution in [0.2, 0.25) is 0 Å². The van der Waals surface area contributed by atoms with Crippen LogP contribution in [0.5, 0.6) is 0 Å². The van der Waals surface area contributed by atoms with E-state index in [1.54, 1.807) is 0 Å². The van der Waals surface area contributed by atoms with Crippen LogP contribution in [-0.4, -0.2) is 157 Å². The maximum atomic E-state index is 9.64. The Morgan fingerprint density at radius 3 is 1.72 bits per heavy atom. The van der Waals surface area contributed by atoms with Gasteiger partial charge in [-0.3, -0.25) is 0 Å². The zero-order valence-corrected chi connectivity index (χ0v) is 18.0. The molecule has 0 amide bonds. The SMILES string of the molecule is [B][C@@H]1O[C@@]2(CO)CCO[C@@H]1[C@@H]2O.[B][C@@H]1O[C@H](CO)[C@@H](O)[C@H]1Cl.[B][C@@H]1O[C@H](CO)[C@H](O)[C@H]1O. The summed E-state index contributed by atoms with van der Waals surface area (Å²) >= 11 is 5.58. The number of hydrogen-bond donors (Lipinski definition) is 7. The molecule has 11 nitrogen and oxygen atoms in total. The second-order valence-corrected chi connectivity index (χ2v) is 8.40. The van der Waals surface area contributed by atoms with Crippen molar-refractivity contribution < 1.29 is 54.7 Å². The minimum absolute atomic E-state index is 0.207. The normalized spacial score (nSPS) is 49.7. The summed E-state index contributed by atoms with van der Waals surface area (Å²) in [7, 11) is 16.1. The standard InChI is InChI=1S/C7H11BO4.C5H8BClO3.C5H9BO4/c8-6-4-5(10)7(3-9,12-6)1-2-11-4;6-5-3(7)4(9)2(1-8)10-5;6-5-4(9)3(8)2(1-7)10-5/h4-6,9-10H,1-3H2;2-5,8-9H,1H2;2-5,7-9H,1H2/t4-,5+,6-,7-;2-,3-,4-,5-;2-,3+,4-,5-/m111/s1. The third-order valence-corrected chi connectivity index (χ3v) is 6.27. The van der Waals surface area contributed by atoms with Crippen molar-refractivity contribution in [3.8, 4) is 0 Å². The van der Waals surface area contributed by atoms with Gasteiger partial charge >= 0.3 is 0 Å². The molecular weight excluding hydrogens is 448 g/mol. The zero-order chi connectivity index (χ0) is 24.2. The first-order valence-electron chi connectivity index (χ1n) is 10.1. The summed E-state index contributed by atoms with van der Waals surface area (Å²) in [6.07, 6.45) is -5.17. The second kappa shape index (κ2) is 12.1. The third kappa shape index (κ3) is 5.99. The van der Waals surface area contributed by atoms with Gasteiger partial charge in [-0.05, 0) is 0 Å². The fourth-order valence-electron chi connectivity index (χ4n) is 3.69. The molecule has 4 saturated heterocycles. The van der Waals surface area contributed by atoms with Gasteiger partial charge in [0.25, 0.3) is 0 Å². The Balaban J connectivity index is 0.000000171. The molecule has 0 spiro atoms. The summed E-state index contributed by atoms with van der Waals surface area (Å²) in [5, 5.41) is 62.3. The van der Waals surface area contributed by atoms with E-state index in [9.17, 15) is 5.11 Å². The first kappa shape index (κ1) is 28.3. The highest BCUT2D eigenvalue weighted by Gasteiger charge is 2.55. The van der Waals surface area contributed by atoms with Crippen molar-refractivity contribution in [2.75, 3.05) is 26.4 Å². The first-order chi connectivity index (χ1) is 15.0. The van der Waals surface area contributed by atoms with Crippen molar-refractivity contribution in [2.45, 2.75) is 78.1 Å². The third-order valence-electron chi connectivity index (χ3n) is 5.76. The number of ether oxygens (including phenoxy) is 4. The Labute approximate surface area is 194 Å². The monoisotopic (exact) mass is 476 g/mol. The fraction of sp³-hybridized carbons (Fsp3) is 1.00. The van der Waals surface area contributed by atoms with Gasteiger partial charge in [0.05, 0.1) is 37.9 Å². The Kier molecular flexibility index (Phi) is 10.7. The van der Waals surface area contributed by atoms with Gasteiger partial charge in [0.15, 0.2) is 0 Å². The summed E-state index contributed by atoms with van der Waals surface area (Å²) in [6, 6.07) is -2.17. The molecule has 12 atom stereocenters. The molecular formula is C17H28B3ClO11. The smallest absolute Gasteiger partial charge is 0.121 e. The van der Waals surface area contributed by atoms with Crippen LogP contribution in [0.15, 0.2) is 0 Å². The molecule has 4 aliphatic heterocycles. The maximum Gasteiger partial charge on any atom is 0.121 e. The van der Waals surface area contributed by atoms with Crippen LogP contribution >= 0.6 is 11.6 Å². The molecule has 6 radical (unpaired) electrons. The van der Waals surface area contributed by atoms with E-state index in [4.69, 9.17) is 84.7 Å². The van der Waals surface area contributed by atoms with Crippen LogP contribution in [0.4, 0.5) is 0 Å². The largest absolute Gasteiger partial charge is 0.394 e. The average Bonchev–Trinajstić information content (AvgIpc) is 3.22. The van der Waals surface area contributed by atoms with E-state index >= 15 is 0 Å². The van der Waals surface area contributed by atoms with Crippen LogP contribution in [0.1, 0.15) is 6.42 Å². The summed E-state index contributed by atoms with van der Waals surface area (Å²) in [6.45, 7) is -0.304. The summed E-state index contributed by atoms with van der Waals surface area (Å²) in [5.41, 5.74) is -0.873. The highest BCUT2D eigenvalue weighted by Crippen LogP contribution is 2.38. The molecule has 32 heavy (non-hydrogen) atoms. The van der Waals surface area contributed by atoms with E-state index in [2.05, 4.69) is 0 Å². The zero-order valence-electron chi connectivity index (χ0n) is 17.3. The van der Waals surface area contributed by atoms with Crippen molar-refractivity contribution in [1.29, 1.82) is 0 Å². The van der Waals surface area contributed by atoms with Gasteiger partial charge in [0.2, 0.25) is 0 Å². The summed E-state index contributed by atoms with van der Waals surface area (Å²) in [5.74, 6) is 0. The number of fused-ring (bicyclic) bond motifs is 2. The number of aliphatic hydroxyl groups is 7. The van der Waals surface area contributed by atoms with E-state index in [-0.39, 0.29) is 19.8 Å². The molecule has 4 aliphatic rings. The molecule has 15 heteroatoms. The van der Waals surface area contributed by atoms with Crippen LogP contribution < -0.4 is 0 Å². The van der Waals surface area contributed by atoms with Gasteiger partial charge in [-0.25, -0.2) is 0 Å². The second-order valence-electron chi connectivity index (χ2n) is 7.90. The van der Waals surface area contributed by atoms with E-state index in [1.807, 2.05) is 0 Å². The Morgan fingerprint density at radius 1 is 0.812 bits per heavy atom. The minimum Gasteiger partial charge on any atom is -0.394 e. The molecule has 0 aliphatic carbocycles. The number of halogens is 1. The lowest BCUT2D eigenvalue weighted by molar-refractivity contribution is -0.138. The number of hydrogen-bond acceptors (Lipinski definition) is 11. The van der Waals surface area contributed by atoms with Gasteiger partial charge in [-0.1, -0.05) is 0 Å². The molecule has 0 saturated carbocycles. The highest BCUT2D eigenvalue weighted by molar-refractivity contribution is 6.27. The van der Waals surface area contributed by atoms with Crippen LogP contribution in [0.25, 0.3) is 0 Å². The van der Waals surface area contributed by atoms with Crippen molar-refractivity contribution in [3.63, 3.8) is 0 Å². The number of alkyl halides is 1. The van der Waals surface area contributed by atoms with Crippen molar-refractivity contribution in [3.05, 3.63) is 0 Å². The summed E-state index contributed by atoms with van der Waals surface area (Å²) < 4.78 is 20.1. The van der Waals surface area contributed by atoms with Crippen LogP contribution in [0, 0.1) is 0 Å². The molecule has 4 fully saturated rings. The van der Waals surface area contributed by atoms with Gasteiger partial charge in [0, 0.05) is 24.4 Å². The number of rotatable bonds is 3. The Morgan fingerprint density at radius 2 is 1.38 bits per heavy atom. The molecule has 4 rings (SSSR count). The van der Waals surface area contributed by atoms with Crippen molar-refractivity contribution in [1.82, 2.24) is 0 Å². The van der Waals surface area contributed by atoms with E-state index < -0.39 is 71.7 Å². The fourth-order valence-corrected chi connectivity index (χ4v) is 3.91. The summed E-state index contributed by atoms with van der Waals surface area (Å²) in [4.78, 5) is 0. The van der Waals surface area contributed by atoms with Crippen LogP contribution in [-0.2, 0) is 18.9 Å². The predicted molar refractivity (Wildman–Crippen MR) is 111 cm³/mol. The van der Waals surface area contributed by atoms with Gasteiger partial charge < -0.3 is 54.7 Å².